The van der Waals surface area contributed by atoms with Crippen LogP contribution in [0.1, 0.15) is 30.5 Å². The molecule has 5 rings (SSSR count). The smallest absolute Gasteiger partial charge is 0.229 e. The molecule has 2 aromatic heterocycles. The molecule has 158 valence electrons. The molecule has 30 heavy (non-hydrogen) atoms. The average molecular weight is 425 g/mol. The normalized spacial score (nSPS) is 23.6. The van der Waals surface area contributed by atoms with Gasteiger partial charge in [-0.25, -0.2) is 4.98 Å². The van der Waals surface area contributed by atoms with Crippen molar-refractivity contribution >= 4 is 28.3 Å². The van der Waals surface area contributed by atoms with Gasteiger partial charge in [0.25, 0.3) is 0 Å². The van der Waals surface area contributed by atoms with Crippen LogP contribution in [0.4, 0.5) is 16.8 Å². The highest BCUT2D eigenvalue weighted by Gasteiger charge is 2.50. The van der Waals surface area contributed by atoms with Crippen LogP contribution in [0.15, 0.2) is 12.3 Å². The van der Waals surface area contributed by atoms with Crippen molar-refractivity contribution in [3.8, 4) is 6.07 Å². The molecule has 3 aliphatic rings. The molecule has 3 saturated heterocycles. The molecule has 1 atom stereocenters. The fourth-order valence-corrected chi connectivity index (χ4v) is 5.81. The molecular weight excluding hydrogens is 396 g/mol. The van der Waals surface area contributed by atoms with Crippen molar-refractivity contribution in [2.45, 2.75) is 44.7 Å². The van der Waals surface area contributed by atoms with Crippen LogP contribution in [0.3, 0.4) is 0 Å². The van der Waals surface area contributed by atoms with Crippen LogP contribution >= 0.6 is 11.5 Å². The van der Waals surface area contributed by atoms with Gasteiger partial charge >= 0.3 is 0 Å². The molecule has 0 amide bonds. The number of hydrogen-bond donors (Lipinski definition) is 1. The highest BCUT2D eigenvalue weighted by atomic mass is 32.1. The van der Waals surface area contributed by atoms with Gasteiger partial charge in [0.15, 0.2) is 0 Å². The summed E-state index contributed by atoms with van der Waals surface area (Å²) in [7, 11) is 0. The van der Waals surface area contributed by atoms with Crippen molar-refractivity contribution in [2.75, 3.05) is 49.5 Å². The lowest BCUT2D eigenvalue weighted by atomic mass is 9.83. The molecule has 0 spiro atoms. The molecule has 0 bridgehead atoms. The van der Waals surface area contributed by atoms with Crippen LogP contribution in [0.25, 0.3) is 0 Å². The summed E-state index contributed by atoms with van der Waals surface area (Å²) in [5.74, 6) is 1.55. The third-order valence-corrected chi connectivity index (χ3v) is 7.54. The van der Waals surface area contributed by atoms with Crippen LogP contribution in [-0.2, 0) is 0 Å². The van der Waals surface area contributed by atoms with E-state index in [1.165, 1.54) is 30.9 Å². The number of nitriles is 1. The van der Waals surface area contributed by atoms with Gasteiger partial charge in [0.1, 0.15) is 10.8 Å². The van der Waals surface area contributed by atoms with Gasteiger partial charge in [-0.15, -0.1) is 0 Å². The number of anilines is 3. The predicted octanol–water partition coefficient (Wildman–Crippen LogP) is 2.55. The van der Waals surface area contributed by atoms with E-state index >= 15 is 0 Å². The Morgan fingerprint density at radius 3 is 2.93 bits per heavy atom. The fourth-order valence-electron chi connectivity index (χ4n) is 5.15. The number of piperazine rings is 1. The first kappa shape index (κ1) is 19.7. The number of hydrogen-bond acceptors (Lipinski definition) is 9. The van der Waals surface area contributed by atoms with Gasteiger partial charge < -0.3 is 10.2 Å². The largest absolute Gasteiger partial charge is 0.352 e. The number of rotatable bonds is 5. The van der Waals surface area contributed by atoms with E-state index in [-0.39, 0.29) is 5.54 Å². The van der Waals surface area contributed by atoms with Gasteiger partial charge in [-0.05, 0) is 50.8 Å². The van der Waals surface area contributed by atoms with Crippen LogP contribution in [0.5, 0.6) is 0 Å². The molecule has 0 aromatic carbocycles. The first-order valence-corrected chi connectivity index (χ1v) is 11.5. The van der Waals surface area contributed by atoms with E-state index in [4.69, 9.17) is 4.98 Å². The Kier molecular flexibility index (Phi) is 5.09. The van der Waals surface area contributed by atoms with E-state index < -0.39 is 0 Å². The Balaban J connectivity index is 1.31. The minimum absolute atomic E-state index is 0.0524. The lowest BCUT2D eigenvalue weighted by Gasteiger charge is -2.58. The summed E-state index contributed by atoms with van der Waals surface area (Å²) >= 11 is 1.41. The van der Waals surface area contributed by atoms with E-state index in [0.29, 0.717) is 18.4 Å². The summed E-state index contributed by atoms with van der Waals surface area (Å²) in [6.07, 6.45) is 5.05. The highest BCUT2D eigenvalue weighted by Crippen LogP contribution is 2.38. The van der Waals surface area contributed by atoms with Gasteiger partial charge in [-0.1, -0.05) is 0 Å². The molecule has 0 unspecified atom stereocenters. The number of fused-ring (bicyclic) bond motifs is 1. The van der Waals surface area contributed by atoms with E-state index in [1.807, 2.05) is 19.2 Å². The minimum Gasteiger partial charge on any atom is -0.352 e. The van der Waals surface area contributed by atoms with E-state index in [2.05, 4.69) is 42.4 Å². The summed E-state index contributed by atoms with van der Waals surface area (Å²) in [5, 5.41) is 13.8. The van der Waals surface area contributed by atoms with Crippen LogP contribution in [0.2, 0.25) is 0 Å². The maximum atomic E-state index is 9.56. The second-order valence-corrected chi connectivity index (χ2v) is 9.66. The van der Waals surface area contributed by atoms with Crippen LogP contribution in [-0.4, -0.2) is 75.0 Å². The van der Waals surface area contributed by atoms with Crippen molar-refractivity contribution in [2.24, 2.45) is 0 Å². The van der Waals surface area contributed by atoms with Gasteiger partial charge in [-0.3, -0.25) is 9.80 Å². The molecule has 9 heteroatoms. The van der Waals surface area contributed by atoms with Crippen molar-refractivity contribution < 1.29 is 0 Å². The molecule has 3 aliphatic heterocycles. The van der Waals surface area contributed by atoms with Crippen LogP contribution < -0.4 is 10.2 Å². The summed E-state index contributed by atoms with van der Waals surface area (Å²) < 4.78 is 4.30. The first-order chi connectivity index (χ1) is 14.6. The van der Waals surface area contributed by atoms with Crippen LogP contribution in [0, 0.1) is 25.2 Å². The van der Waals surface area contributed by atoms with E-state index in [1.54, 1.807) is 0 Å². The van der Waals surface area contributed by atoms with Crippen molar-refractivity contribution in [3.63, 3.8) is 0 Å². The highest BCUT2D eigenvalue weighted by molar-refractivity contribution is 7.10. The zero-order valence-corrected chi connectivity index (χ0v) is 18.5. The zero-order chi connectivity index (χ0) is 20.7. The second kappa shape index (κ2) is 7.76. The first-order valence-electron chi connectivity index (χ1n) is 10.7. The summed E-state index contributed by atoms with van der Waals surface area (Å²) in [6.45, 7) is 10.3. The molecule has 0 aliphatic carbocycles. The monoisotopic (exact) mass is 424 g/mol. The summed E-state index contributed by atoms with van der Waals surface area (Å²) in [6, 6.07) is 5.13. The number of aryl methyl sites for hydroxylation is 2. The quantitative estimate of drug-likeness (QED) is 0.784. The van der Waals surface area contributed by atoms with Gasteiger partial charge in [0.2, 0.25) is 5.95 Å². The Morgan fingerprint density at radius 2 is 2.17 bits per heavy atom. The Labute approximate surface area is 181 Å². The van der Waals surface area contributed by atoms with Gasteiger partial charge in [-0.2, -0.15) is 14.6 Å². The van der Waals surface area contributed by atoms with E-state index in [0.717, 1.165) is 54.8 Å². The third kappa shape index (κ3) is 3.53. The molecule has 1 N–H and O–H groups in total. The van der Waals surface area contributed by atoms with Gasteiger partial charge in [0.05, 0.1) is 23.7 Å². The lowest BCUT2D eigenvalue weighted by Crippen LogP contribution is -2.73. The second-order valence-electron chi connectivity index (χ2n) is 8.85. The number of nitrogens with zero attached hydrogens (tertiary/aromatic N) is 7. The molecular formula is C21H28N8S. The molecule has 8 nitrogen and oxygen atoms in total. The average Bonchev–Trinajstić information content (AvgIpc) is 3.34. The molecule has 3 fully saturated rings. The number of nitrogens with one attached hydrogen (secondary N) is 1. The SMILES string of the molecule is Cc1cc(Nc2ncc(C)c(N3CC(CC#N)(N4CCN5CCC[C@H]5C4)C3)n2)sn1. The van der Waals surface area contributed by atoms with Crippen molar-refractivity contribution in [3.05, 3.63) is 23.5 Å². The fraction of sp³-hybridized carbons (Fsp3) is 0.619. The Morgan fingerprint density at radius 1 is 1.30 bits per heavy atom. The Hall–Kier alpha value is -2.28. The number of aromatic nitrogens is 3. The van der Waals surface area contributed by atoms with Crippen molar-refractivity contribution in [1.82, 2.24) is 24.1 Å². The third-order valence-electron chi connectivity index (χ3n) is 6.74. The molecule has 0 saturated carbocycles. The maximum absolute atomic E-state index is 9.56. The van der Waals surface area contributed by atoms with Crippen molar-refractivity contribution in [1.29, 1.82) is 5.26 Å². The predicted molar refractivity (Wildman–Crippen MR) is 118 cm³/mol. The standard InChI is InChI=1S/C21H28N8S/c1-15-11-23-20(24-18-10-16(2)26-30-18)25-19(15)28-13-21(14-28,5-6-22)29-9-8-27-7-3-4-17(27)12-29/h10-11,17H,3-5,7-9,12-14H2,1-2H3,(H,23,24,25)/t17-/m0/s1. The Bertz CT molecular complexity index is 960. The summed E-state index contributed by atoms with van der Waals surface area (Å²) in [4.78, 5) is 16.8. The molecule has 5 heterocycles. The van der Waals surface area contributed by atoms with Gasteiger partial charge in [0, 0.05) is 50.5 Å². The van der Waals surface area contributed by atoms with E-state index in [9.17, 15) is 5.26 Å². The molecule has 2 aromatic rings. The summed E-state index contributed by atoms with van der Waals surface area (Å²) in [5.41, 5.74) is 2.00. The topological polar surface area (TPSA) is 84.2 Å². The maximum Gasteiger partial charge on any atom is 0.229 e. The zero-order valence-electron chi connectivity index (χ0n) is 17.6. The lowest BCUT2D eigenvalue weighted by molar-refractivity contribution is -0.000559. The minimum atomic E-state index is -0.0524. The molecule has 0 radical (unpaired) electrons.